The van der Waals surface area contributed by atoms with Crippen molar-refractivity contribution in [3.8, 4) is 0 Å². The van der Waals surface area contributed by atoms with Crippen LogP contribution in [0.4, 0.5) is 5.69 Å². The van der Waals surface area contributed by atoms with E-state index in [1.165, 1.54) is 16.1 Å². The highest BCUT2D eigenvalue weighted by Crippen LogP contribution is 2.27. The van der Waals surface area contributed by atoms with Crippen molar-refractivity contribution in [3.63, 3.8) is 0 Å². The van der Waals surface area contributed by atoms with Crippen LogP contribution in [0.1, 0.15) is 23.9 Å². The summed E-state index contributed by atoms with van der Waals surface area (Å²) in [5.74, 6) is 1.09. The van der Waals surface area contributed by atoms with Gasteiger partial charge >= 0.3 is 0 Å². The lowest BCUT2D eigenvalue weighted by Crippen LogP contribution is -2.02. The maximum Gasteiger partial charge on any atom is 0.0643 e. The molecule has 0 saturated carbocycles. The average Bonchev–Trinajstić information content (AvgIpc) is 2.69. The number of nitrogens with zero attached hydrogens (tertiary/aromatic N) is 1. The summed E-state index contributed by atoms with van der Waals surface area (Å²) in [4.78, 5) is 1.30. The molecule has 0 fully saturated rings. The normalized spacial score (nSPS) is 10.6. The van der Waals surface area contributed by atoms with Gasteiger partial charge in [-0.3, -0.25) is 5.10 Å². The summed E-state index contributed by atoms with van der Waals surface area (Å²) in [5.41, 5.74) is 4.66. The predicted molar refractivity (Wildman–Crippen MR) is 78.2 cm³/mol. The van der Waals surface area contributed by atoms with Gasteiger partial charge in [-0.2, -0.15) is 5.10 Å². The zero-order chi connectivity index (χ0) is 13.0. The van der Waals surface area contributed by atoms with Crippen molar-refractivity contribution < 1.29 is 0 Å². The second-order valence-corrected chi connectivity index (χ2v) is 5.50. The Morgan fingerprint density at radius 1 is 1.28 bits per heavy atom. The molecule has 1 heterocycles. The van der Waals surface area contributed by atoms with Gasteiger partial charge in [0, 0.05) is 28.4 Å². The molecule has 2 N–H and O–H groups in total. The van der Waals surface area contributed by atoms with Crippen LogP contribution in [0.3, 0.4) is 0 Å². The van der Waals surface area contributed by atoms with Crippen molar-refractivity contribution in [2.75, 3.05) is 11.1 Å². The minimum absolute atomic E-state index is 0.815. The molecule has 1 aromatic carbocycles. The van der Waals surface area contributed by atoms with Crippen LogP contribution in [-0.2, 0) is 6.54 Å². The lowest BCUT2D eigenvalue weighted by atomic mass is 10.2. The Balaban J connectivity index is 2.11. The van der Waals surface area contributed by atoms with Crippen LogP contribution >= 0.6 is 11.8 Å². The van der Waals surface area contributed by atoms with Crippen LogP contribution in [0, 0.1) is 13.8 Å². The van der Waals surface area contributed by atoms with E-state index >= 15 is 0 Å². The summed E-state index contributed by atoms with van der Waals surface area (Å²) in [6, 6.07) is 8.43. The highest BCUT2D eigenvalue weighted by atomic mass is 32.2. The number of anilines is 1. The summed E-state index contributed by atoms with van der Waals surface area (Å²) in [5, 5.41) is 10.7. The van der Waals surface area contributed by atoms with Gasteiger partial charge in [0.15, 0.2) is 0 Å². The molecule has 1 aromatic heterocycles. The van der Waals surface area contributed by atoms with Gasteiger partial charge in [0.2, 0.25) is 0 Å². The summed E-state index contributed by atoms with van der Waals surface area (Å²) >= 11 is 1.86. The van der Waals surface area contributed by atoms with E-state index in [4.69, 9.17) is 0 Å². The van der Waals surface area contributed by atoms with Gasteiger partial charge in [-0.25, -0.2) is 0 Å². The van der Waals surface area contributed by atoms with E-state index in [1.807, 2.05) is 18.7 Å². The van der Waals surface area contributed by atoms with E-state index in [2.05, 4.69) is 53.6 Å². The maximum atomic E-state index is 4.22. The Hall–Kier alpha value is -1.42. The number of rotatable bonds is 5. The maximum absolute atomic E-state index is 4.22. The largest absolute Gasteiger partial charge is 0.380 e. The molecule has 0 atom stereocenters. The molecule has 0 aliphatic rings. The topological polar surface area (TPSA) is 40.7 Å². The first-order valence-electron chi connectivity index (χ1n) is 6.18. The quantitative estimate of drug-likeness (QED) is 0.805. The molecule has 18 heavy (non-hydrogen) atoms. The molecular formula is C14H19N3S. The number of aromatic nitrogens is 2. The first-order chi connectivity index (χ1) is 8.72. The monoisotopic (exact) mass is 261 g/mol. The van der Waals surface area contributed by atoms with E-state index in [1.54, 1.807) is 0 Å². The van der Waals surface area contributed by atoms with Gasteiger partial charge in [0.1, 0.15) is 0 Å². The predicted octanol–water partition coefficient (Wildman–Crippen LogP) is 3.75. The third-order valence-corrected chi connectivity index (χ3v) is 3.88. The third-order valence-electron chi connectivity index (χ3n) is 2.92. The molecule has 0 bridgehead atoms. The van der Waals surface area contributed by atoms with Crippen LogP contribution in [0.15, 0.2) is 29.2 Å². The van der Waals surface area contributed by atoms with E-state index in [0.717, 1.165) is 23.7 Å². The van der Waals surface area contributed by atoms with Crippen molar-refractivity contribution in [3.05, 3.63) is 41.2 Å². The Kier molecular flexibility index (Phi) is 4.31. The van der Waals surface area contributed by atoms with E-state index in [9.17, 15) is 0 Å². The number of benzene rings is 1. The van der Waals surface area contributed by atoms with Crippen molar-refractivity contribution in [1.29, 1.82) is 0 Å². The van der Waals surface area contributed by atoms with Crippen LogP contribution in [-0.4, -0.2) is 16.0 Å². The summed E-state index contributed by atoms with van der Waals surface area (Å²) < 4.78 is 0. The third kappa shape index (κ3) is 2.88. The molecule has 0 spiro atoms. The molecule has 3 nitrogen and oxygen atoms in total. The van der Waals surface area contributed by atoms with Gasteiger partial charge in [-0.1, -0.05) is 19.1 Å². The molecule has 0 unspecified atom stereocenters. The molecule has 2 rings (SSSR count). The van der Waals surface area contributed by atoms with Crippen LogP contribution < -0.4 is 5.32 Å². The fourth-order valence-corrected chi connectivity index (χ4v) is 2.69. The van der Waals surface area contributed by atoms with Crippen LogP contribution in [0.2, 0.25) is 0 Å². The van der Waals surface area contributed by atoms with Crippen molar-refractivity contribution in [2.24, 2.45) is 0 Å². The zero-order valence-corrected chi connectivity index (χ0v) is 11.9. The van der Waals surface area contributed by atoms with Gasteiger partial charge in [-0.15, -0.1) is 11.8 Å². The lowest BCUT2D eigenvalue weighted by molar-refractivity contribution is 1.02. The Bertz CT molecular complexity index is 500. The highest BCUT2D eigenvalue weighted by Gasteiger charge is 2.07. The molecular weight excluding hydrogens is 242 g/mol. The zero-order valence-electron chi connectivity index (χ0n) is 11.1. The average molecular weight is 261 g/mol. The number of hydrogen-bond donors (Lipinski definition) is 2. The molecule has 0 amide bonds. The Labute approximate surface area is 112 Å². The Morgan fingerprint density at radius 2 is 2.06 bits per heavy atom. The second kappa shape index (κ2) is 5.96. The molecule has 0 aliphatic carbocycles. The molecule has 2 aromatic rings. The molecule has 4 heteroatoms. The number of hydrogen-bond acceptors (Lipinski definition) is 3. The van der Waals surface area contributed by atoms with Crippen molar-refractivity contribution in [1.82, 2.24) is 10.2 Å². The number of thioether (sulfide) groups is 1. The van der Waals surface area contributed by atoms with Gasteiger partial charge in [0.05, 0.1) is 5.69 Å². The SMILES string of the molecule is CCSc1ccccc1NCc1c(C)n[nH]c1C. The number of aryl methyl sites for hydroxylation is 2. The second-order valence-electron chi connectivity index (χ2n) is 4.20. The number of para-hydroxylation sites is 1. The van der Waals surface area contributed by atoms with Crippen LogP contribution in [0.5, 0.6) is 0 Å². The number of H-pyrrole nitrogens is 1. The van der Waals surface area contributed by atoms with Gasteiger partial charge in [0.25, 0.3) is 0 Å². The fraction of sp³-hybridized carbons (Fsp3) is 0.357. The molecule has 96 valence electrons. The number of aromatic amines is 1. The van der Waals surface area contributed by atoms with Gasteiger partial charge in [-0.05, 0) is 31.7 Å². The smallest absolute Gasteiger partial charge is 0.0643 e. The summed E-state index contributed by atoms with van der Waals surface area (Å²) in [6.45, 7) is 7.08. The van der Waals surface area contributed by atoms with Crippen molar-refractivity contribution in [2.45, 2.75) is 32.2 Å². The van der Waals surface area contributed by atoms with E-state index in [0.29, 0.717) is 0 Å². The Morgan fingerprint density at radius 3 is 2.72 bits per heavy atom. The van der Waals surface area contributed by atoms with Gasteiger partial charge < -0.3 is 5.32 Å². The van der Waals surface area contributed by atoms with E-state index in [-0.39, 0.29) is 0 Å². The first kappa shape index (κ1) is 13.0. The van der Waals surface area contributed by atoms with Crippen molar-refractivity contribution >= 4 is 17.4 Å². The molecule has 0 radical (unpaired) electrons. The molecule has 0 aliphatic heterocycles. The lowest BCUT2D eigenvalue weighted by Gasteiger charge is -2.11. The summed E-state index contributed by atoms with van der Waals surface area (Å²) in [6.07, 6.45) is 0. The number of nitrogens with one attached hydrogen (secondary N) is 2. The standard InChI is InChI=1S/C14H19N3S/c1-4-18-14-8-6-5-7-13(14)15-9-12-10(2)16-17-11(12)3/h5-8,15H,4,9H2,1-3H3,(H,16,17). The minimum Gasteiger partial charge on any atom is -0.380 e. The summed E-state index contributed by atoms with van der Waals surface area (Å²) in [7, 11) is 0. The van der Waals surface area contributed by atoms with E-state index < -0.39 is 0 Å². The minimum atomic E-state index is 0.815. The highest BCUT2D eigenvalue weighted by molar-refractivity contribution is 7.99. The first-order valence-corrected chi connectivity index (χ1v) is 7.17. The van der Waals surface area contributed by atoms with Crippen LogP contribution in [0.25, 0.3) is 0 Å². The fourth-order valence-electron chi connectivity index (χ4n) is 1.91. The molecule has 0 saturated heterocycles.